The van der Waals surface area contributed by atoms with E-state index >= 15 is 0 Å². The zero-order valence-electron chi connectivity index (χ0n) is 15.2. The van der Waals surface area contributed by atoms with Crippen LogP contribution in [0.4, 0.5) is 0 Å². The minimum atomic E-state index is -1.25. The van der Waals surface area contributed by atoms with Crippen molar-refractivity contribution in [3.8, 4) is 0 Å². The second kappa shape index (κ2) is 5.32. The SMILES string of the molecule is C=C1CC[C@H]2[C@@H]([C@@H]3[C@H]1[C@@H](OC(C)=O)[C@@H](OC(C)=O)[C@@]3(C)O)C2(C)C. The van der Waals surface area contributed by atoms with Crippen LogP contribution in [-0.4, -0.2) is 34.9 Å². The predicted molar refractivity (Wildman–Crippen MR) is 87.8 cm³/mol. The molecule has 0 spiro atoms. The first-order chi connectivity index (χ1) is 11.0. The fourth-order valence-corrected chi connectivity index (χ4v) is 5.60. The fourth-order valence-electron chi connectivity index (χ4n) is 5.60. The van der Waals surface area contributed by atoms with Gasteiger partial charge in [0.1, 0.15) is 11.7 Å². The van der Waals surface area contributed by atoms with E-state index in [4.69, 9.17) is 9.47 Å². The summed E-state index contributed by atoms with van der Waals surface area (Å²) < 4.78 is 11.0. The highest BCUT2D eigenvalue weighted by atomic mass is 16.6. The van der Waals surface area contributed by atoms with Crippen LogP contribution in [0.15, 0.2) is 12.2 Å². The van der Waals surface area contributed by atoms with Gasteiger partial charge in [0.2, 0.25) is 0 Å². The number of hydrogen-bond acceptors (Lipinski definition) is 5. The van der Waals surface area contributed by atoms with E-state index in [1.54, 1.807) is 6.92 Å². The lowest BCUT2D eigenvalue weighted by Crippen LogP contribution is -2.47. The fraction of sp³-hybridized carbons (Fsp3) is 0.789. The molecule has 0 bridgehead atoms. The maximum atomic E-state index is 11.7. The van der Waals surface area contributed by atoms with Crippen LogP contribution in [-0.2, 0) is 19.1 Å². The van der Waals surface area contributed by atoms with Crippen LogP contribution in [0.5, 0.6) is 0 Å². The minimum absolute atomic E-state index is 0.124. The van der Waals surface area contributed by atoms with Gasteiger partial charge in [0.15, 0.2) is 6.10 Å². The van der Waals surface area contributed by atoms with Gasteiger partial charge in [-0.1, -0.05) is 26.0 Å². The number of aliphatic hydroxyl groups is 1. The molecule has 0 aromatic rings. The number of carbonyl (C=O) groups excluding carboxylic acids is 2. The molecule has 5 heteroatoms. The van der Waals surface area contributed by atoms with E-state index in [-0.39, 0.29) is 17.3 Å². The minimum Gasteiger partial charge on any atom is -0.458 e. The van der Waals surface area contributed by atoms with Gasteiger partial charge in [-0.05, 0) is 37.0 Å². The van der Waals surface area contributed by atoms with Gasteiger partial charge in [0.25, 0.3) is 0 Å². The molecule has 3 rings (SSSR count). The first kappa shape index (κ1) is 17.5. The Kier molecular flexibility index (Phi) is 3.87. The van der Waals surface area contributed by atoms with E-state index in [2.05, 4.69) is 20.4 Å². The van der Waals surface area contributed by atoms with E-state index in [0.29, 0.717) is 11.8 Å². The third-order valence-corrected chi connectivity index (χ3v) is 6.66. The molecule has 3 saturated carbocycles. The highest BCUT2D eigenvalue weighted by Gasteiger charge is 2.73. The molecule has 134 valence electrons. The van der Waals surface area contributed by atoms with E-state index in [1.165, 1.54) is 13.8 Å². The summed E-state index contributed by atoms with van der Waals surface area (Å²) in [6, 6.07) is 0. The van der Waals surface area contributed by atoms with Crippen LogP contribution in [0.1, 0.15) is 47.5 Å². The molecule has 0 radical (unpaired) electrons. The quantitative estimate of drug-likeness (QED) is 0.619. The van der Waals surface area contributed by atoms with Gasteiger partial charge in [-0.3, -0.25) is 9.59 Å². The molecule has 5 nitrogen and oxygen atoms in total. The Bertz CT molecular complexity index is 591. The van der Waals surface area contributed by atoms with Crippen LogP contribution in [0.2, 0.25) is 0 Å². The van der Waals surface area contributed by atoms with Crippen LogP contribution in [0.25, 0.3) is 0 Å². The maximum absolute atomic E-state index is 11.7. The molecule has 3 fully saturated rings. The van der Waals surface area contributed by atoms with E-state index in [1.807, 2.05) is 0 Å². The Morgan fingerprint density at radius 2 is 1.71 bits per heavy atom. The van der Waals surface area contributed by atoms with Gasteiger partial charge in [-0.25, -0.2) is 0 Å². The van der Waals surface area contributed by atoms with E-state index in [0.717, 1.165) is 18.4 Å². The Hall–Kier alpha value is -1.36. The van der Waals surface area contributed by atoms with Gasteiger partial charge >= 0.3 is 11.9 Å². The molecule has 24 heavy (non-hydrogen) atoms. The lowest BCUT2D eigenvalue weighted by Gasteiger charge is -2.33. The summed E-state index contributed by atoms with van der Waals surface area (Å²) in [5.74, 6) is -0.380. The summed E-state index contributed by atoms with van der Waals surface area (Å²) in [6.45, 7) is 13.0. The molecule has 1 N–H and O–H groups in total. The van der Waals surface area contributed by atoms with Crippen molar-refractivity contribution in [2.24, 2.45) is 29.1 Å². The molecule has 0 aliphatic heterocycles. The third kappa shape index (κ3) is 2.40. The predicted octanol–water partition coefficient (Wildman–Crippen LogP) is 2.47. The van der Waals surface area contributed by atoms with Crippen LogP contribution in [0.3, 0.4) is 0 Å². The molecule has 0 aromatic carbocycles. The Labute approximate surface area is 143 Å². The summed E-state index contributed by atoms with van der Waals surface area (Å²) in [7, 11) is 0. The highest BCUT2D eigenvalue weighted by molar-refractivity contribution is 5.68. The van der Waals surface area contributed by atoms with Gasteiger partial charge in [0.05, 0.1) is 0 Å². The molecule has 0 heterocycles. The summed E-state index contributed by atoms with van der Waals surface area (Å²) in [4.78, 5) is 23.3. The first-order valence-electron chi connectivity index (χ1n) is 8.74. The molecule has 0 saturated heterocycles. The van der Waals surface area contributed by atoms with Crippen molar-refractivity contribution in [1.82, 2.24) is 0 Å². The second-order valence-corrected chi connectivity index (χ2v) is 8.53. The molecule has 0 amide bonds. The largest absolute Gasteiger partial charge is 0.458 e. The lowest BCUT2D eigenvalue weighted by atomic mass is 9.77. The van der Waals surface area contributed by atoms with Crippen molar-refractivity contribution in [3.05, 3.63) is 12.2 Å². The topological polar surface area (TPSA) is 72.8 Å². The monoisotopic (exact) mass is 336 g/mol. The number of hydrogen-bond donors (Lipinski definition) is 1. The normalized spacial score (nSPS) is 45.7. The number of carbonyl (C=O) groups is 2. The summed E-state index contributed by atoms with van der Waals surface area (Å²) in [5, 5.41) is 11.3. The molecule has 3 aliphatic rings. The van der Waals surface area contributed by atoms with Crippen molar-refractivity contribution in [2.45, 2.75) is 65.3 Å². The molecular weight excluding hydrogens is 308 g/mol. The first-order valence-corrected chi connectivity index (χ1v) is 8.74. The lowest BCUT2D eigenvalue weighted by molar-refractivity contribution is -0.178. The number of rotatable bonds is 2. The van der Waals surface area contributed by atoms with Gasteiger partial charge in [-0.15, -0.1) is 0 Å². The molecule has 0 aromatic heterocycles. The van der Waals surface area contributed by atoms with Crippen molar-refractivity contribution >= 4 is 11.9 Å². The van der Waals surface area contributed by atoms with Crippen LogP contribution >= 0.6 is 0 Å². The summed E-state index contributed by atoms with van der Waals surface area (Å²) in [6.07, 6.45) is 0.367. The Balaban J connectivity index is 2.05. The zero-order valence-corrected chi connectivity index (χ0v) is 15.2. The van der Waals surface area contributed by atoms with Crippen molar-refractivity contribution < 1.29 is 24.2 Å². The van der Waals surface area contributed by atoms with Crippen LogP contribution in [0, 0.1) is 29.1 Å². The van der Waals surface area contributed by atoms with E-state index in [9.17, 15) is 14.7 Å². The van der Waals surface area contributed by atoms with Crippen molar-refractivity contribution in [1.29, 1.82) is 0 Å². The average Bonchev–Trinajstić information content (AvgIpc) is 2.95. The van der Waals surface area contributed by atoms with Gasteiger partial charge in [-0.2, -0.15) is 0 Å². The molecule has 0 unspecified atom stereocenters. The zero-order chi connectivity index (χ0) is 18.0. The van der Waals surface area contributed by atoms with Crippen LogP contribution < -0.4 is 0 Å². The smallest absolute Gasteiger partial charge is 0.303 e. The second-order valence-electron chi connectivity index (χ2n) is 8.53. The summed E-state index contributed by atoms with van der Waals surface area (Å²) in [5.41, 5.74) is -0.121. The molecular formula is C19H28O5. The average molecular weight is 336 g/mol. The maximum Gasteiger partial charge on any atom is 0.303 e. The number of esters is 2. The molecule has 3 aliphatic carbocycles. The van der Waals surface area contributed by atoms with Crippen molar-refractivity contribution in [3.63, 3.8) is 0 Å². The summed E-state index contributed by atoms with van der Waals surface area (Å²) >= 11 is 0. The van der Waals surface area contributed by atoms with Gasteiger partial charge < -0.3 is 14.6 Å². The van der Waals surface area contributed by atoms with E-state index < -0.39 is 29.7 Å². The number of ether oxygens (including phenoxy) is 2. The standard InChI is InChI=1S/C19H28O5/c1-9-7-8-12-14(18(12,4)5)15-13(9)16(23-10(2)20)17(19(15,6)22)24-11(3)21/h12-17,22H,1,7-8H2,2-6H3/t12-,13-,14-,15-,16+,17+,19-/m0/s1. The Morgan fingerprint density at radius 1 is 1.12 bits per heavy atom. The molecule has 7 atom stereocenters. The van der Waals surface area contributed by atoms with Gasteiger partial charge in [0, 0.05) is 25.7 Å². The third-order valence-electron chi connectivity index (χ3n) is 6.66. The Morgan fingerprint density at radius 3 is 2.25 bits per heavy atom. The number of fused-ring (bicyclic) bond motifs is 3. The highest BCUT2D eigenvalue weighted by Crippen LogP contribution is 2.71. The van der Waals surface area contributed by atoms with Crippen molar-refractivity contribution in [2.75, 3.05) is 0 Å².